The summed E-state index contributed by atoms with van der Waals surface area (Å²) < 4.78 is 16.1. The molecule has 2 aromatic rings. The van der Waals surface area contributed by atoms with Crippen molar-refractivity contribution in [2.45, 2.75) is 12.7 Å². The van der Waals surface area contributed by atoms with Crippen LogP contribution in [0.25, 0.3) is 0 Å². The van der Waals surface area contributed by atoms with E-state index >= 15 is 0 Å². The molecule has 0 saturated heterocycles. The zero-order valence-corrected chi connectivity index (χ0v) is 17.3. The van der Waals surface area contributed by atoms with Crippen LogP contribution in [0.5, 0.6) is 17.2 Å². The summed E-state index contributed by atoms with van der Waals surface area (Å²) in [6.07, 6.45) is 0. The zero-order valence-electron chi connectivity index (χ0n) is 16.5. The highest BCUT2D eigenvalue weighted by Crippen LogP contribution is 2.38. The number of aryl methyl sites for hydroxylation is 1. The van der Waals surface area contributed by atoms with Gasteiger partial charge in [0.2, 0.25) is 5.75 Å². The van der Waals surface area contributed by atoms with E-state index in [2.05, 4.69) is 36.2 Å². The van der Waals surface area contributed by atoms with Gasteiger partial charge in [0.25, 0.3) is 5.91 Å². The molecule has 0 spiro atoms. The van der Waals surface area contributed by atoms with Crippen LogP contribution in [0.4, 0.5) is 0 Å². The molecule has 0 saturated carbocycles. The molecular formula is C21H24N2O4S. The highest BCUT2D eigenvalue weighted by atomic mass is 32.2. The molecule has 7 heteroatoms. The van der Waals surface area contributed by atoms with Crippen molar-refractivity contribution in [3.05, 3.63) is 53.1 Å². The maximum atomic E-state index is 13.1. The first kappa shape index (κ1) is 20.1. The van der Waals surface area contributed by atoms with Crippen LogP contribution < -0.4 is 14.2 Å². The largest absolute Gasteiger partial charge is 0.493 e. The molecule has 148 valence electrons. The first-order chi connectivity index (χ1) is 13.6. The van der Waals surface area contributed by atoms with Gasteiger partial charge in [0.05, 0.1) is 27.9 Å². The number of methoxy groups -OCH3 is 3. The minimum atomic E-state index is -0.132. The maximum absolute atomic E-state index is 13.1. The van der Waals surface area contributed by atoms with E-state index in [1.165, 1.54) is 32.5 Å². The van der Waals surface area contributed by atoms with Crippen molar-refractivity contribution in [2.75, 3.05) is 34.4 Å². The SMILES string of the molecule is COc1cc(C(=O)N2CCN=C2SCc2ccc(C)cc2)cc(OC)c1OC. The topological polar surface area (TPSA) is 60.4 Å². The first-order valence-electron chi connectivity index (χ1n) is 8.92. The summed E-state index contributed by atoms with van der Waals surface area (Å²) in [6.45, 7) is 3.23. The summed E-state index contributed by atoms with van der Waals surface area (Å²) in [6, 6.07) is 11.7. The van der Waals surface area contributed by atoms with E-state index in [9.17, 15) is 4.79 Å². The van der Waals surface area contributed by atoms with E-state index in [1.54, 1.807) is 28.8 Å². The summed E-state index contributed by atoms with van der Waals surface area (Å²) in [5.41, 5.74) is 2.90. The molecule has 0 N–H and O–H groups in total. The van der Waals surface area contributed by atoms with E-state index < -0.39 is 0 Å². The summed E-state index contributed by atoms with van der Waals surface area (Å²) in [5, 5.41) is 0.735. The Morgan fingerprint density at radius 2 is 1.71 bits per heavy atom. The van der Waals surface area contributed by atoms with Gasteiger partial charge in [0, 0.05) is 17.9 Å². The van der Waals surface area contributed by atoms with Crippen molar-refractivity contribution < 1.29 is 19.0 Å². The Hall–Kier alpha value is -2.67. The minimum absolute atomic E-state index is 0.132. The number of thioether (sulfide) groups is 1. The van der Waals surface area contributed by atoms with Crippen molar-refractivity contribution >= 4 is 22.8 Å². The first-order valence-corrected chi connectivity index (χ1v) is 9.90. The number of hydrogen-bond donors (Lipinski definition) is 0. The van der Waals surface area contributed by atoms with E-state index in [0.29, 0.717) is 35.9 Å². The van der Waals surface area contributed by atoms with Crippen LogP contribution in [0, 0.1) is 6.92 Å². The van der Waals surface area contributed by atoms with E-state index in [0.717, 1.165) is 10.9 Å². The fourth-order valence-corrected chi connectivity index (χ4v) is 3.93. The zero-order chi connectivity index (χ0) is 20.1. The minimum Gasteiger partial charge on any atom is -0.493 e. The third-order valence-electron chi connectivity index (χ3n) is 4.45. The van der Waals surface area contributed by atoms with Crippen molar-refractivity contribution in [3.8, 4) is 17.2 Å². The number of amidine groups is 1. The van der Waals surface area contributed by atoms with E-state index in [-0.39, 0.29) is 5.91 Å². The van der Waals surface area contributed by atoms with Gasteiger partial charge in [-0.25, -0.2) is 0 Å². The van der Waals surface area contributed by atoms with E-state index in [4.69, 9.17) is 14.2 Å². The number of carbonyl (C=O) groups is 1. The van der Waals surface area contributed by atoms with Crippen LogP contribution in [-0.4, -0.2) is 50.4 Å². The molecule has 0 unspecified atom stereocenters. The van der Waals surface area contributed by atoms with Gasteiger partial charge in [-0.05, 0) is 24.6 Å². The summed E-state index contributed by atoms with van der Waals surface area (Å²) in [7, 11) is 4.60. The average molecular weight is 401 g/mol. The van der Waals surface area contributed by atoms with Crippen LogP contribution >= 0.6 is 11.8 Å². The smallest absolute Gasteiger partial charge is 0.260 e. The number of nitrogens with zero attached hydrogens (tertiary/aromatic N) is 2. The maximum Gasteiger partial charge on any atom is 0.260 e. The molecule has 0 bridgehead atoms. The lowest BCUT2D eigenvalue weighted by Crippen LogP contribution is -2.32. The Labute approximate surface area is 169 Å². The molecule has 2 aromatic carbocycles. The quantitative estimate of drug-likeness (QED) is 0.739. The van der Waals surface area contributed by atoms with Crippen LogP contribution in [0.1, 0.15) is 21.5 Å². The molecule has 3 rings (SSSR count). The Bertz CT molecular complexity index is 855. The molecule has 28 heavy (non-hydrogen) atoms. The molecule has 0 radical (unpaired) electrons. The lowest BCUT2D eigenvalue weighted by atomic mass is 10.1. The third-order valence-corrected chi connectivity index (χ3v) is 5.53. The van der Waals surface area contributed by atoms with Crippen LogP contribution in [0.2, 0.25) is 0 Å². The molecular weight excluding hydrogens is 376 g/mol. The Balaban J connectivity index is 1.77. The number of ether oxygens (including phenoxy) is 3. The summed E-state index contributed by atoms with van der Waals surface area (Å²) >= 11 is 1.57. The fraction of sp³-hybridized carbons (Fsp3) is 0.333. The van der Waals surface area contributed by atoms with Crippen molar-refractivity contribution in [1.29, 1.82) is 0 Å². The second kappa shape index (κ2) is 9.01. The number of amides is 1. The van der Waals surface area contributed by atoms with Gasteiger partial charge in [-0.1, -0.05) is 41.6 Å². The van der Waals surface area contributed by atoms with Crippen molar-refractivity contribution in [1.82, 2.24) is 4.90 Å². The molecule has 1 heterocycles. The Morgan fingerprint density at radius 1 is 1.07 bits per heavy atom. The highest BCUT2D eigenvalue weighted by molar-refractivity contribution is 8.13. The molecule has 1 aliphatic rings. The van der Waals surface area contributed by atoms with Gasteiger partial charge >= 0.3 is 0 Å². The van der Waals surface area contributed by atoms with Crippen molar-refractivity contribution in [3.63, 3.8) is 0 Å². The summed E-state index contributed by atoms with van der Waals surface area (Å²) in [5.74, 6) is 2.00. The second-order valence-corrected chi connectivity index (χ2v) is 7.25. The number of aliphatic imine (C=N–C) groups is 1. The van der Waals surface area contributed by atoms with Gasteiger partial charge in [-0.2, -0.15) is 0 Å². The van der Waals surface area contributed by atoms with Crippen LogP contribution in [0.3, 0.4) is 0 Å². The predicted molar refractivity (Wildman–Crippen MR) is 112 cm³/mol. The Kier molecular flexibility index (Phi) is 6.46. The standard InChI is InChI=1S/C21H24N2O4S/c1-14-5-7-15(8-6-14)13-28-21-22-9-10-23(21)20(24)16-11-17(25-2)19(27-4)18(12-16)26-3/h5-8,11-12H,9-10,13H2,1-4H3. The molecule has 1 amide bonds. The van der Waals surface area contributed by atoms with E-state index in [1.807, 2.05) is 0 Å². The summed E-state index contributed by atoms with van der Waals surface area (Å²) in [4.78, 5) is 19.3. The number of hydrogen-bond acceptors (Lipinski definition) is 6. The monoisotopic (exact) mass is 400 g/mol. The number of carbonyl (C=O) groups excluding carboxylic acids is 1. The normalized spacial score (nSPS) is 13.3. The molecule has 0 atom stereocenters. The molecule has 0 fully saturated rings. The third kappa shape index (κ3) is 4.25. The lowest BCUT2D eigenvalue weighted by molar-refractivity contribution is 0.0860. The van der Waals surface area contributed by atoms with Gasteiger partial charge < -0.3 is 14.2 Å². The second-order valence-electron chi connectivity index (χ2n) is 6.31. The molecule has 0 aromatic heterocycles. The highest BCUT2D eigenvalue weighted by Gasteiger charge is 2.27. The number of rotatable bonds is 6. The molecule has 1 aliphatic heterocycles. The van der Waals surface area contributed by atoms with Crippen molar-refractivity contribution in [2.24, 2.45) is 4.99 Å². The van der Waals surface area contributed by atoms with Crippen LogP contribution in [-0.2, 0) is 5.75 Å². The predicted octanol–water partition coefficient (Wildman–Crippen LogP) is 3.77. The fourth-order valence-electron chi connectivity index (χ4n) is 2.93. The number of benzene rings is 2. The Morgan fingerprint density at radius 3 is 2.29 bits per heavy atom. The van der Waals surface area contributed by atoms with Gasteiger partial charge in [0.15, 0.2) is 16.7 Å². The van der Waals surface area contributed by atoms with Crippen LogP contribution in [0.15, 0.2) is 41.4 Å². The van der Waals surface area contributed by atoms with Gasteiger partial charge in [-0.3, -0.25) is 14.7 Å². The average Bonchev–Trinajstić information content (AvgIpc) is 3.20. The molecule has 6 nitrogen and oxygen atoms in total. The lowest BCUT2D eigenvalue weighted by Gasteiger charge is -2.20. The van der Waals surface area contributed by atoms with Gasteiger partial charge in [-0.15, -0.1) is 0 Å². The molecule has 0 aliphatic carbocycles. The van der Waals surface area contributed by atoms with Gasteiger partial charge in [0.1, 0.15) is 0 Å².